The summed E-state index contributed by atoms with van der Waals surface area (Å²) in [6, 6.07) is 0. The van der Waals surface area contributed by atoms with Crippen LogP contribution in [0.2, 0.25) is 0 Å². The van der Waals surface area contributed by atoms with Crippen LogP contribution in [-0.2, 0) is 14.3 Å². The van der Waals surface area contributed by atoms with Crippen LogP contribution in [0.4, 0.5) is 0 Å². The molecule has 0 atom stereocenters. The van der Waals surface area contributed by atoms with E-state index in [4.69, 9.17) is 0 Å². The summed E-state index contributed by atoms with van der Waals surface area (Å²) in [6.07, 6.45) is 0. The molecule has 6 nitrogen and oxygen atoms in total. The molecule has 102 valence electrons. The number of rotatable bonds is 5. The number of ether oxygens (including phenoxy) is 1. The van der Waals surface area contributed by atoms with Crippen molar-refractivity contribution < 1.29 is 14.3 Å². The van der Waals surface area contributed by atoms with Gasteiger partial charge in [0.15, 0.2) is 0 Å². The molecule has 0 aliphatic heterocycles. The van der Waals surface area contributed by atoms with Crippen LogP contribution in [0.1, 0.15) is 6.92 Å². The zero-order valence-electron chi connectivity index (χ0n) is 11.7. The van der Waals surface area contributed by atoms with E-state index < -0.39 is 0 Å². The minimum absolute atomic E-state index is 0.0509. The van der Waals surface area contributed by atoms with Gasteiger partial charge in [0, 0.05) is 20.5 Å². The average Bonchev–Trinajstić information content (AvgIpc) is 2.16. The lowest BCUT2D eigenvalue weighted by Crippen LogP contribution is -2.30. The monoisotopic (exact) mass is 247 g/mol. The van der Waals surface area contributed by atoms with Gasteiger partial charge in [-0.1, -0.05) is 0 Å². The minimum Gasteiger partial charge on any atom is -0.465 e. The molecule has 0 aromatic heterocycles. The van der Waals surface area contributed by atoms with Crippen molar-refractivity contribution in [3.05, 3.63) is 0 Å². The summed E-state index contributed by atoms with van der Waals surface area (Å²) in [5, 5.41) is 2.52. The third-order valence-corrected chi connectivity index (χ3v) is 1.58. The maximum absolute atomic E-state index is 10.5. The number of carbonyl (C=O) groups excluding carboxylic acids is 2. The Kier molecular flexibility index (Phi) is 12.2. The number of carbonyl (C=O) groups is 2. The van der Waals surface area contributed by atoms with Crippen LogP contribution < -0.4 is 5.32 Å². The zero-order valence-corrected chi connectivity index (χ0v) is 11.7. The van der Waals surface area contributed by atoms with E-state index in [1.807, 2.05) is 38.0 Å². The van der Waals surface area contributed by atoms with Gasteiger partial charge in [-0.25, -0.2) is 0 Å². The summed E-state index contributed by atoms with van der Waals surface area (Å²) in [7, 11) is 9.21. The third kappa shape index (κ3) is 20.8. The van der Waals surface area contributed by atoms with Crippen LogP contribution in [0.25, 0.3) is 0 Å². The Morgan fingerprint density at radius 1 is 1.12 bits per heavy atom. The number of hydrogen-bond acceptors (Lipinski definition) is 5. The van der Waals surface area contributed by atoms with E-state index in [9.17, 15) is 9.59 Å². The van der Waals surface area contributed by atoms with Crippen molar-refractivity contribution in [3.63, 3.8) is 0 Å². The first kappa shape index (κ1) is 18.2. The Morgan fingerprint density at radius 3 is 1.88 bits per heavy atom. The molecule has 17 heavy (non-hydrogen) atoms. The maximum atomic E-state index is 10.5. The number of nitrogens with zero attached hydrogens (tertiary/aromatic N) is 2. The van der Waals surface area contributed by atoms with Gasteiger partial charge in [0.05, 0.1) is 6.54 Å². The number of likely N-dealkylation sites (N-methyl/N-ethyl adjacent to an activating group) is 3. The molecule has 0 aliphatic carbocycles. The lowest BCUT2D eigenvalue weighted by molar-refractivity contribution is -0.141. The highest BCUT2D eigenvalue weighted by molar-refractivity contribution is 5.77. The van der Waals surface area contributed by atoms with Gasteiger partial charge in [0.2, 0.25) is 5.91 Å². The Labute approximate surface area is 104 Å². The highest BCUT2D eigenvalue weighted by Crippen LogP contribution is 1.78. The van der Waals surface area contributed by atoms with Crippen LogP contribution in [0.3, 0.4) is 0 Å². The van der Waals surface area contributed by atoms with E-state index >= 15 is 0 Å². The summed E-state index contributed by atoms with van der Waals surface area (Å²) < 4.78 is 4.67. The first-order valence-corrected chi connectivity index (χ1v) is 5.43. The Morgan fingerprint density at radius 2 is 1.65 bits per heavy atom. The van der Waals surface area contributed by atoms with Crippen molar-refractivity contribution in [2.45, 2.75) is 6.92 Å². The first-order chi connectivity index (χ1) is 7.79. The van der Waals surface area contributed by atoms with Crippen molar-refractivity contribution in [2.75, 3.05) is 54.9 Å². The number of esters is 1. The molecule has 1 N–H and O–H groups in total. The van der Waals surface area contributed by atoms with Gasteiger partial charge in [-0.15, -0.1) is 0 Å². The van der Waals surface area contributed by atoms with Gasteiger partial charge in [-0.2, -0.15) is 0 Å². The topological polar surface area (TPSA) is 61.9 Å². The lowest BCUT2D eigenvalue weighted by Gasteiger charge is -2.07. The summed E-state index contributed by atoms with van der Waals surface area (Å²) >= 11 is 0. The number of nitrogens with one attached hydrogen (secondary N) is 1. The summed E-state index contributed by atoms with van der Waals surface area (Å²) in [5.74, 6) is -0.160. The standard InChI is InChI=1S/C6H13NO2.C5H12N2O/c1-6(8)9-5-4-7(2)3;1-6-5(8)4-7(2)3/h4-5H2,1-3H3;4H2,1-3H3,(H,6,8). The van der Waals surface area contributed by atoms with E-state index in [0.29, 0.717) is 13.2 Å². The summed E-state index contributed by atoms with van der Waals surface area (Å²) in [4.78, 5) is 24.4. The quantitative estimate of drug-likeness (QED) is 0.658. The van der Waals surface area contributed by atoms with Crippen molar-refractivity contribution in [1.82, 2.24) is 15.1 Å². The zero-order chi connectivity index (χ0) is 13.8. The van der Waals surface area contributed by atoms with Crippen LogP contribution in [0, 0.1) is 0 Å². The van der Waals surface area contributed by atoms with Crippen molar-refractivity contribution in [3.8, 4) is 0 Å². The number of amides is 1. The van der Waals surface area contributed by atoms with Crippen molar-refractivity contribution in [1.29, 1.82) is 0 Å². The van der Waals surface area contributed by atoms with Gasteiger partial charge >= 0.3 is 5.97 Å². The molecule has 0 aliphatic rings. The largest absolute Gasteiger partial charge is 0.465 e. The first-order valence-electron chi connectivity index (χ1n) is 5.43. The van der Waals surface area contributed by atoms with Gasteiger partial charge in [-0.3, -0.25) is 9.59 Å². The molecule has 0 spiro atoms. The van der Waals surface area contributed by atoms with E-state index in [2.05, 4.69) is 10.1 Å². The highest BCUT2D eigenvalue weighted by atomic mass is 16.5. The van der Waals surface area contributed by atoms with Crippen LogP contribution >= 0.6 is 0 Å². The van der Waals surface area contributed by atoms with E-state index in [-0.39, 0.29) is 11.9 Å². The fraction of sp³-hybridized carbons (Fsp3) is 0.818. The van der Waals surface area contributed by atoms with E-state index in [1.54, 1.807) is 7.05 Å². The smallest absolute Gasteiger partial charge is 0.302 e. The maximum Gasteiger partial charge on any atom is 0.302 e. The molecule has 0 unspecified atom stereocenters. The number of hydrogen-bond donors (Lipinski definition) is 1. The highest BCUT2D eigenvalue weighted by Gasteiger charge is 1.96. The molecule has 0 heterocycles. The average molecular weight is 247 g/mol. The van der Waals surface area contributed by atoms with Crippen LogP contribution in [-0.4, -0.2) is 76.6 Å². The van der Waals surface area contributed by atoms with Crippen molar-refractivity contribution >= 4 is 11.9 Å². The molecule has 0 aromatic rings. The van der Waals surface area contributed by atoms with Crippen LogP contribution in [0.15, 0.2) is 0 Å². The predicted octanol–water partition coefficient (Wildman–Crippen LogP) is -0.595. The second kappa shape index (κ2) is 11.3. The molecule has 0 rings (SSSR count). The molecule has 6 heteroatoms. The summed E-state index contributed by atoms with van der Waals surface area (Å²) in [5.41, 5.74) is 0. The van der Waals surface area contributed by atoms with Gasteiger partial charge in [0.25, 0.3) is 0 Å². The van der Waals surface area contributed by atoms with Crippen molar-refractivity contribution in [2.24, 2.45) is 0 Å². The van der Waals surface area contributed by atoms with E-state index in [0.717, 1.165) is 6.54 Å². The Balaban J connectivity index is 0. The lowest BCUT2D eigenvalue weighted by atomic mass is 10.5. The molecular weight excluding hydrogens is 222 g/mol. The van der Waals surface area contributed by atoms with Gasteiger partial charge in [0.1, 0.15) is 6.61 Å². The molecular formula is C11H25N3O3. The fourth-order valence-electron chi connectivity index (χ4n) is 0.738. The SMILES string of the molecule is CC(=O)OCCN(C)C.CNC(=O)CN(C)C. The van der Waals surface area contributed by atoms with Crippen LogP contribution in [0.5, 0.6) is 0 Å². The second-order valence-corrected chi connectivity index (χ2v) is 4.05. The fourth-order valence-corrected chi connectivity index (χ4v) is 0.738. The Hall–Kier alpha value is -1.14. The molecule has 1 amide bonds. The third-order valence-electron chi connectivity index (χ3n) is 1.58. The van der Waals surface area contributed by atoms with Gasteiger partial charge < -0.3 is 19.9 Å². The van der Waals surface area contributed by atoms with E-state index in [1.165, 1.54) is 6.92 Å². The van der Waals surface area contributed by atoms with Gasteiger partial charge in [-0.05, 0) is 28.2 Å². The molecule has 0 bridgehead atoms. The Bertz CT molecular complexity index is 218. The predicted molar refractivity (Wildman–Crippen MR) is 67.8 cm³/mol. The molecule has 0 radical (unpaired) electrons. The molecule has 0 fully saturated rings. The molecule has 0 aromatic carbocycles. The molecule has 0 saturated carbocycles. The second-order valence-electron chi connectivity index (χ2n) is 4.05. The molecule has 0 saturated heterocycles. The minimum atomic E-state index is -0.211. The summed E-state index contributed by atoms with van der Waals surface area (Å²) in [6.45, 7) is 3.16. The normalized spacial score (nSPS) is 9.65.